The molecule has 3 aromatic carbocycles. The molecular weight excluding hydrogens is 1950 g/mol. The third-order valence-corrected chi connectivity index (χ3v) is 30.0. The molecule has 0 amide bonds. The second kappa shape index (κ2) is 50.6. The fraction of sp³-hybridized carbons (Fsp3) is 0.692. The largest absolute Gasteiger partial charge is 0.463 e. The molecule has 16 unspecified atom stereocenters. The quantitative estimate of drug-likeness (QED) is 0.0194. The maximum Gasteiger partial charge on any atom is 0.339 e. The van der Waals surface area contributed by atoms with Gasteiger partial charge in [-0.1, -0.05) is 51.0 Å². The van der Waals surface area contributed by atoms with E-state index in [1.165, 1.54) is 63.5 Å². The Labute approximate surface area is 861 Å². The number of allylic oxidation sites excluding steroid dienone is 1. The second-order valence-corrected chi connectivity index (χ2v) is 42.5. The smallest absolute Gasteiger partial charge is 0.339 e. The van der Waals surface area contributed by atoms with Crippen molar-refractivity contribution in [3.63, 3.8) is 0 Å². The van der Waals surface area contributed by atoms with E-state index in [0.717, 1.165) is 96.9 Å². The Kier molecular flexibility index (Phi) is 36.9. The summed E-state index contributed by atoms with van der Waals surface area (Å²) in [6.45, 7) is 22.7. The van der Waals surface area contributed by atoms with Crippen LogP contribution in [0.15, 0.2) is 99.8 Å². The van der Waals surface area contributed by atoms with E-state index in [0.29, 0.717) is 189 Å². The lowest BCUT2D eigenvalue weighted by Gasteiger charge is -2.59. The Morgan fingerprint density at radius 1 is 0.329 bits per heavy atom. The third-order valence-electron chi connectivity index (χ3n) is 30.0. The first-order chi connectivity index (χ1) is 72.2. The number of carbonyl (C=O) groups is 10. The Balaban J connectivity index is 0.000000114. The number of epoxide rings is 14. The van der Waals surface area contributed by atoms with Gasteiger partial charge in [-0.25, -0.2) is 56.9 Å². The normalized spacial score (nSPS) is 31.7. The molecule has 7 saturated carbocycles. The van der Waals surface area contributed by atoms with Gasteiger partial charge in [-0.05, 0) is 186 Å². The molecule has 0 spiro atoms. The molecule has 15 heterocycles. The van der Waals surface area contributed by atoms with Gasteiger partial charge in [0, 0.05) is 0 Å². The number of carbonyl (C=O) groups excluding carboxylic acids is 10. The Hall–Kier alpha value is -10.1. The summed E-state index contributed by atoms with van der Waals surface area (Å²) in [6, 6.07) is 18.9. The topological polar surface area (TPSA) is 523 Å². The standard InChI is InChI=1S/C21H36O4.C18H24O6.2C14H14O6.C14H20O6.C14H14O6.C12H15N3O5/c1-21(2,15-3-7-17(8-4-15)22-11-19-13-24-19)16-5-9-18(10-6-16)23-12-20-14-25-20;19-15(23-8-13-6-21-13)17-2-11-1-12(4-17)5-18(3-11,10-17)16(20)24-9-14-7-22-14;15-13(19-7-11-5-17-11)9-1-2-10(4-3-9)14(16)20-8-12-6-18-12;15-13(19-7-11-5-17-11)9-2-1-3-10(4-9)14(16)20-8-12-6-18-12;2*15-13(19-7-9-5-17-9)11-3-1-2-4-12(11)14(16)20-8-10-6-18-10;1-2-3-13-10(16)14(4-8-6-19-8)12(18)15(11(13)17)5-9-7-20-9/h15-20H,3-14H2,1-2H3;11-14H,1-10H2;2*1-4,11-12H,5-8H2;9-12H,1-8H2;1-4,9-10H,5-8H2;2,8-9H,1,3-7H2. The monoisotopic (exact) mass is 2090 g/mol. The van der Waals surface area contributed by atoms with Gasteiger partial charge in [0.15, 0.2) is 0 Å². The van der Waals surface area contributed by atoms with Crippen molar-refractivity contribution in [3.8, 4) is 0 Å². The highest BCUT2D eigenvalue weighted by Gasteiger charge is 2.65. The molecule has 4 bridgehead atoms. The maximum absolute atomic E-state index is 12.8. The van der Waals surface area contributed by atoms with Crippen LogP contribution in [-0.4, -0.2) is 343 Å². The lowest BCUT2D eigenvalue weighted by Crippen LogP contribution is -2.58. The van der Waals surface area contributed by atoms with Crippen molar-refractivity contribution in [2.45, 2.75) is 247 Å². The highest BCUT2D eigenvalue weighted by atomic mass is 16.7. The molecule has 1 aromatic heterocycles. The molecule has 4 aromatic rings. The lowest BCUT2D eigenvalue weighted by atomic mass is 9.44. The molecule has 149 heavy (non-hydrogen) atoms. The predicted molar refractivity (Wildman–Crippen MR) is 513 cm³/mol. The van der Waals surface area contributed by atoms with Crippen molar-refractivity contribution in [2.75, 3.05) is 172 Å². The first-order valence-electron chi connectivity index (χ1n) is 52.6. The SMILES string of the molecule is C=CCn1c(=O)n(CC2CO2)c(=O)n(CC2CO2)c1=O.CC(C)(C1CCC(OCC2CO2)CC1)C1CCC(OCC2CO2)CC1.O=C(OCC1CO1)C12CC3CC(C1)CC(C(=O)OCC1CO1)(C3)C2.O=C(OCC1CO1)C1CCCCC1C(=O)OCC1CO1.O=C(OCC1CO1)c1ccc(C(=O)OCC2CO2)cc1.O=C(OCC1CO1)c1cccc(C(=O)OCC2CO2)c1.O=C(OCC1CO1)c1ccccc1C(=O)OCC1CO1. The van der Waals surface area contributed by atoms with Crippen LogP contribution in [0.5, 0.6) is 0 Å². The van der Waals surface area contributed by atoms with E-state index < -0.39 is 63.7 Å². The summed E-state index contributed by atoms with van der Waals surface area (Å²) in [5, 5.41) is 0. The Morgan fingerprint density at radius 3 is 0.906 bits per heavy atom. The summed E-state index contributed by atoms with van der Waals surface area (Å²) in [6.07, 6.45) is 22.1. The summed E-state index contributed by atoms with van der Waals surface area (Å²) < 4.78 is 138. The molecule has 21 aliphatic rings. The zero-order valence-electron chi connectivity index (χ0n) is 84.4. The molecule has 7 aliphatic carbocycles. The average molecular weight is 2090 g/mol. The van der Waals surface area contributed by atoms with Crippen LogP contribution < -0.4 is 17.1 Å². The highest BCUT2D eigenvalue weighted by molar-refractivity contribution is 6.03. The number of nitrogens with zero attached hydrogens (tertiary/aromatic N) is 3. The first kappa shape index (κ1) is 109. The summed E-state index contributed by atoms with van der Waals surface area (Å²) in [4.78, 5) is 157. The Bertz CT molecular complexity index is 5130. The van der Waals surface area contributed by atoms with Gasteiger partial charge in [-0.2, -0.15) is 0 Å². The minimum absolute atomic E-state index is 0.00919. The zero-order valence-corrected chi connectivity index (χ0v) is 84.4. The summed E-state index contributed by atoms with van der Waals surface area (Å²) >= 11 is 0. The van der Waals surface area contributed by atoms with Crippen molar-refractivity contribution < 1.29 is 171 Å². The van der Waals surface area contributed by atoms with E-state index in [4.69, 9.17) is 123 Å². The van der Waals surface area contributed by atoms with Crippen LogP contribution in [0, 0.1) is 51.8 Å². The second-order valence-electron chi connectivity index (χ2n) is 42.5. The van der Waals surface area contributed by atoms with Crippen molar-refractivity contribution in [1.29, 1.82) is 0 Å². The van der Waals surface area contributed by atoms with E-state index in [2.05, 4.69) is 20.4 Å². The molecule has 814 valence electrons. The summed E-state index contributed by atoms with van der Waals surface area (Å²) in [7, 11) is 0. The van der Waals surface area contributed by atoms with E-state index in [-0.39, 0.29) is 179 Å². The van der Waals surface area contributed by atoms with Gasteiger partial charge in [-0.3, -0.25) is 19.2 Å². The minimum Gasteiger partial charge on any atom is -0.463 e. The minimum atomic E-state index is -0.622. The van der Waals surface area contributed by atoms with E-state index in [9.17, 15) is 62.3 Å². The third kappa shape index (κ3) is 33.7. The van der Waals surface area contributed by atoms with E-state index >= 15 is 0 Å². The zero-order chi connectivity index (χ0) is 104. The van der Waals surface area contributed by atoms with Crippen LogP contribution in [0.1, 0.15) is 192 Å². The number of hydrogen-bond donors (Lipinski definition) is 0. The van der Waals surface area contributed by atoms with Crippen LogP contribution in [0.4, 0.5) is 0 Å². The highest BCUT2D eigenvalue weighted by Crippen LogP contribution is 2.66. The molecule has 14 aliphatic heterocycles. The molecule has 42 heteroatoms. The van der Waals surface area contributed by atoms with E-state index in [1.807, 2.05) is 0 Å². The van der Waals surface area contributed by atoms with Crippen LogP contribution in [0.25, 0.3) is 0 Å². The van der Waals surface area contributed by atoms with Crippen LogP contribution >= 0.6 is 0 Å². The van der Waals surface area contributed by atoms with Gasteiger partial charge in [0.1, 0.15) is 139 Å². The molecule has 16 atom stereocenters. The number of ether oxygens (including phenoxy) is 26. The van der Waals surface area contributed by atoms with Gasteiger partial charge in [0.2, 0.25) is 0 Å². The molecule has 0 radical (unpaired) electrons. The van der Waals surface area contributed by atoms with Crippen LogP contribution in [0.3, 0.4) is 0 Å². The van der Waals surface area contributed by atoms with Crippen molar-refractivity contribution >= 4 is 59.7 Å². The predicted octanol–water partition coefficient (Wildman–Crippen LogP) is 6.64. The number of esters is 10. The van der Waals surface area contributed by atoms with E-state index in [1.54, 1.807) is 66.7 Å². The Morgan fingerprint density at radius 2 is 0.604 bits per heavy atom. The molecule has 25 rings (SSSR count). The van der Waals surface area contributed by atoms with Gasteiger partial charge in [0.25, 0.3) is 0 Å². The fourth-order valence-corrected chi connectivity index (χ4v) is 20.3. The molecule has 42 nitrogen and oxygen atoms in total. The fourth-order valence-electron chi connectivity index (χ4n) is 20.3. The van der Waals surface area contributed by atoms with Crippen molar-refractivity contribution in [2.24, 2.45) is 51.8 Å². The lowest BCUT2D eigenvalue weighted by molar-refractivity contribution is -0.194. The van der Waals surface area contributed by atoms with Crippen molar-refractivity contribution in [1.82, 2.24) is 13.7 Å². The average Bonchev–Trinajstić information content (AvgIpc) is 1.52. The van der Waals surface area contributed by atoms with Crippen LogP contribution in [0.2, 0.25) is 0 Å². The number of hydrogen-bond acceptors (Lipinski definition) is 39. The van der Waals surface area contributed by atoms with Gasteiger partial charge < -0.3 is 123 Å². The maximum atomic E-state index is 12.8. The number of aromatic nitrogens is 3. The summed E-state index contributed by atoms with van der Waals surface area (Å²) in [5.74, 6) is -1.82. The van der Waals surface area contributed by atoms with Gasteiger partial charge >= 0.3 is 76.8 Å². The molecular formula is C107H137N3O39. The van der Waals surface area contributed by atoms with Crippen molar-refractivity contribution in [3.05, 3.63) is 150 Å². The molecule has 0 N–H and O–H groups in total. The first-order valence-corrected chi connectivity index (χ1v) is 52.6. The number of benzene rings is 3. The number of rotatable bonds is 44. The molecule has 21 fully saturated rings. The van der Waals surface area contributed by atoms with Gasteiger partial charge in [0.05, 0.1) is 206 Å². The summed E-state index contributed by atoms with van der Waals surface area (Å²) in [5.41, 5.74) is -0.508. The van der Waals surface area contributed by atoms with Gasteiger partial charge in [-0.15, -0.1) is 6.58 Å². The van der Waals surface area contributed by atoms with Crippen LogP contribution in [-0.2, 0) is 162 Å². The molecule has 14 saturated heterocycles.